The number of allylic oxidation sites excluding steroid dienone is 4. The minimum atomic E-state index is 0.887. The van der Waals surface area contributed by atoms with Crippen LogP contribution in [0.15, 0.2) is 40.9 Å². The summed E-state index contributed by atoms with van der Waals surface area (Å²) < 4.78 is 5.13. The van der Waals surface area contributed by atoms with Gasteiger partial charge in [-0.15, -0.1) is 5.73 Å². The molecule has 0 spiro atoms. The monoisotopic (exact) mass is 148 g/mol. The van der Waals surface area contributed by atoms with Gasteiger partial charge in [0.05, 0.1) is 7.11 Å². The van der Waals surface area contributed by atoms with Crippen LogP contribution in [-0.4, -0.2) is 7.11 Å². The van der Waals surface area contributed by atoms with Crippen LogP contribution in [-0.2, 0) is 4.74 Å². The zero-order valence-electron chi connectivity index (χ0n) is 7.14. The Morgan fingerprint density at radius 3 is 2.64 bits per heavy atom. The highest BCUT2D eigenvalue weighted by atomic mass is 16.5. The molecular weight excluding hydrogens is 136 g/mol. The molecule has 0 N–H and O–H groups in total. The summed E-state index contributed by atoms with van der Waals surface area (Å²) in [6, 6.07) is 0. The number of methoxy groups -OCH3 is 1. The van der Waals surface area contributed by atoms with Gasteiger partial charge in [-0.3, -0.25) is 0 Å². The second-order valence-electron chi connectivity index (χ2n) is 2.56. The third-order valence-corrected chi connectivity index (χ3v) is 1.62. The fourth-order valence-corrected chi connectivity index (χ4v) is 0.893. The second-order valence-corrected chi connectivity index (χ2v) is 2.56. The quantitative estimate of drug-likeness (QED) is 0.519. The average Bonchev–Trinajstić information content (AvgIpc) is 2.15. The molecule has 11 heavy (non-hydrogen) atoms. The summed E-state index contributed by atoms with van der Waals surface area (Å²) in [4.78, 5) is 0. The van der Waals surface area contributed by atoms with Crippen LogP contribution >= 0.6 is 0 Å². The van der Waals surface area contributed by atoms with Gasteiger partial charge in [-0.05, 0) is 25.0 Å². The minimum Gasteiger partial charge on any atom is -0.496 e. The van der Waals surface area contributed by atoms with Gasteiger partial charge in [0, 0.05) is 6.08 Å². The first-order valence-electron chi connectivity index (χ1n) is 3.60. The Morgan fingerprint density at radius 1 is 1.27 bits per heavy atom. The number of hydrogen-bond acceptors (Lipinski definition) is 1. The summed E-state index contributed by atoms with van der Waals surface area (Å²) in [5.74, 6) is 0.887. The fourth-order valence-electron chi connectivity index (χ4n) is 0.893. The van der Waals surface area contributed by atoms with E-state index in [-0.39, 0.29) is 0 Å². The normalized spacial score (nSPS) is 16.5. The molecule has 0 heterocycles. The van der Waals surface area contributed by atoms with Gasteiger partial charge in [0.15, 0.2) is 0 Å². The first-order valence-corrected chi connectivity index (χ1v) is 3.60. The van der Waals surface area contributed by atoms with Crippen molar-refractivity contribution in [2.75, 3.05) is 7.11 Å². The van der Waals surface area contributed by atoms with E-state index < -0.39 is 0 Å². The molecule has 0 atom stereocenters. The SMILES string of the molecule is COC1=C(C)C=CC(C)=C=C1. The van der Waals surface area contributed by atoms with E-state index in [4.69, 9.17) is 4.74 Å². The lowest BCUT2D eigenvalue weighted by Gasteiger charge is -1.99. The molecule has 0 radical (unpaired) electrons. The summed E-state index contributed by atoms with van der Waals surface area (Å²) in [7, 11) is 1.67. The van der Waals surface area contributed by atoms with Crippen LogP contribution in [0.2, 0.25) is 0 Å². The standard InChI is InChI=1S/C10H12O/c1-8-4-6-9(2)10(11-3)7-5-8/h4,6-7H,1-3H3. The van der Waals surface area contributed by atoms with Crippen molar-refractivity contribution in [1.29, 1.82) is 0 Å². The Kier molecular flexibility index (Phi) is 2.35. The van der Waals surface area contributed by atoms with Crippen molar-refractivity contribution < 1.29 is 4.74 Å². The van der Waals surface area contributed by atoms with Crippen LogP contribution in [0.5, 0.6) is 0 Å². The van der Waals surface area contributed by atoms with E-state index in [0.29, 0.717) is 0 Å². The Morgan fingerprint density at radius 2 is 2.00 bits per heavy atom. The fraction of sp³-hybridized carbons (Fsp3) is 0.300. The highest BCUT2D eigenvalue weighted by Crippen LogP contribution is 2.12. The second kappa shape index (κ2) is 3.27. The average molecular weight is 148 g/mol. The summed E-state index contributed by atoms with van der Waals surface area (Å²) in [5, 5.41) is 0. The zero-order chi connectivity index (χ0) is 8.27. The molecule has 0 unspecified atom stereocenters. The van der Waals surface area contributed by atoms with Gasteiger partial charge < -0.3 is 4.74 Å². The summed E-state index contributed by atoms with van der Waals surface area (Å²) in [6.07, 6.45) is 5.92. The predicted octanol–water partition coefficient (Wildman–Crippen LogP) is 2.58. The van der Waals surface area contributed by atoms with Gasteiger partial charge in [0.2, 0.25) is 0 Å². The van der Waals surface area contributed by atoms with E-state index >= 15 is 0 Å². The topological polar surface area (TPSA) is 9.23 Å². The molecule has 0 aromatic rings. The molecular formula is C10H12O. The van der Waals surface area contributed by atoms with E-state index in [2.05, 4.69) is 5.73 Å². The maximum Gasteiger partial charge on any atom is 0.129 e. The molecule has 0 amide bonds. The minimum absolute atomic E-state index is 0.887. The first-order chi connectivity index (χ1) is 5.24. The van der Waals surface area contributed by atoms with E-state index in [1.165, 1.54) is 0 Å². The molecule has 1 heteroatoms. The van der Waals surface area contributed by atoms with Crippen LogP contribution < -0.4 is 0 Å². The number of hydrogen-bond donors (Lipinski definition) is 0. The predicted molar refractivity (Wildman–Crippen MR) is 46.1 cm³/mol. The molecule has 0 aromatic carbocycles. The molecule has 58 valence electrons. The molecule has 1 aliphatic carbocycles. The summed E-state index contributed by atoms with van der Waals surface area (Å²) in [6.45, 7) is 4.03. The van der Waals surface area contributed by atoms with Crippen molar-refractivity contribution >= 4 is 0 Å². The molecule has 1 aliphatic rings. The molecule has 0 saturated heterocycles. The maximum atomic E-state index is 5.13. The lowest BCUT2D eigenvalue weighted by molar-refractivity contribution is 0.304. The van der Waals surface area contributed by atoms with Crippen LogP contribution in [0.25, 0.3) is 0 Å². The van der Waals surface area contributed by atoms with Crippen LogP contribution in [0.3, 0.4) is 0 Å². The lowest BCUT2D eigenvalue weighted by Crippen LogP contribution is -1.83. The van der Waals surface area contributed by atoms with Crippen molar-refractivity contribution in [3.8, 4) is 0 Å². The molecule has 0 aliphatic heterocycles. The van der Waals surface area contributed by atoms with Gasteiger partial charge in [-0.1, -0.05) is 12.2 Å². The Labute approximate surface area is 67.4 Å². The molecule has 1 nitrogen and oxygen atoms in total. The summed E-state index contributed by atoms with van der Waals surface area (Å²) >= 11 is 0. The van der Waals surface area contributed by atoms with Crippen molar-refractivity contribution in [3.63, 3.8) is 0 Å². The number of ether oxygens (including phenoxy) is 1. The third-order valence-electron chi connectivity index (χ3n) is 1.62. The van der Waals surface area contributed by atoms with E-state index in [9.17, 15) is 0 Å². The first kappa shape index (κ1) is 7.90. The molecule has 0 bridgehead atoms. The van der Waals surface area contributed by atoms with Gasteiger partial charge in [0.25, 0.3) is 0 Å². The molecule has 1 rings (SSSR count). The van der Waals surface area contributed by atoms with Gasteiger partial charge >= 0.3 is 0 Å². The highest BCUT2D eigenvalue weighted by molar-refractivity contribution is 5.35. The Hall–Kier alpha value is -1.20. The van der Waals surface area contributed by atoms with E-state index in [1.54, 1.807) is 7.11 Å². The van der Waals surface area contributed by atoms with Crippen LogP contribution in [0.1, 0.15) is 13.8 Å². The highest BCUT2D eigenvalue weighted by Gasteiger charge is 1.96. The largest absolute Gasteiger partial charge is 0.496 e. The third kappa shape index (κ3) is 1.86. The van der Waals surface area contributed by atoms with Gasteiger partial charge in [-0.25, -0.2) is 0 Å². The number of rotatable bonds is 1. The van der Waals surface area contributed by atoms with Crippen LogP contribution in [0.4, 0.5) is 0 Å². The Bertz CT molecular complexity index is 273. The molecule has 0 fully saturated rings. The smallest absolute Gasteiger partial charge is 0.129 e. The van der Waals surface area contributed by atoms with Crippen LogP contribution in [0, 0.1) is 0 Å². The molecule has 0 saturated carbocycles. The maximum absolute atomic E-state index is 5.13. The van der Waals surface area contributed by atoms with Gasteiger partial charge in [0.1, 0.15) is 5.76 Å². The van der Waals surface area contributed by atoms with E-state index in [1.807, 2.05) is 32.1 Å². The Balaban J connectivity index is 3.06. The van der Waals surface area contributed by atoms with E-state index in [0.717, 1.165) is 16.9 Å². The van der Waals surface area contributed by atoms with Crippen molar-refractivity contribution in [3.05, 3.63) is 40.9 Å². The lowest BCUT2D eigenvalue weighted by atomic mass is 10.2. The summed E-state index contributed by atoms with van der Waals surface area (Å²) in [5.41, 5.74) is 5.36. The molecule has 0 aromatic heterocycles. The van der Waals surface area contributed by atoms with Gasteiger partial charge in [-0.2, -0.15) is 0 Å². The zero-order valence-corrected chi connectivity index (χ0v) is 7.14. The van der Waals surface area contributed by atoms with Crippen molar-refractivity contribution in [1.82, 2.24) is 0 Å². The van der Waals surface area contributed by atoms with Crippen molar-refractivity contribution in [2.24, 2.45) is 0 Å². The van der Waals surface area contributed by atoms with Crippen molar-refractivity contribution in [2.45, 2.75) is 13.8 Å².